The molecule has 0 bridgehead atoms. The van der Waals surface area contributed by atoms with Crippen LogP contribution >= 0.6 is 11.3 Å². The molecule has 3 aromatic heterocycles. The molecule has 5 aromatic rings. The second-order valence-electron chi connectivity index (χ2n) is 4.84. The third-order valence-corrected chi connectivity index (χ3v) is 4.70. The van der Waals surface area contributed by atoms with Crippen LogP contribution in [0.4, 0.5) is 0 Å². The van der Waals surface area contributed by atoms with Crippen molar-refractivity contribution >= 4 is 53.8 Å². The van der Waals surface area contributed by atoms with E-state index in [1.54, 1.807) is 11.3 Å². The Morgan fingerprint density at radius 1 is 0.800 bits per heavy atom. The van der Waals surface area contributed by atoms with Gasteiger partial charge >= 0.3 is 0 Å². The Morgan fingerprint density at radius 3 is 2.55 bits per heavy atom. The fourth-order valence-electron chi connectivity index (χ4n) is 2.72. The second-order valence-corrected chi connectivity index (χ2v) is 5.87. The van der Waals surface area contributed by atoms with Gasteiger partial charge in [-0.1, -0.05) is 36.4 Å². The smallest absolute Gasteiger partial charge is 0.158 e. The first kappa shape index (κ1) is 10.3. The average molecular weight is 275 g/mol. The van der Waals surface area contributed by atoms with Gasteiger partial charge in [0.2, 0.25) is 0 Å². The van der Waals surface area contributed by atoms with Crippen LogP contribution in [0.5, 0.6) is 0 Å². The molecule has 3 nitrogen and oxygen atoms in total. The molecule has 20 heavy (non-hydrogen) atoms. The van der Waals surface area contributed by atoms with E-state index < -0.39 is 0 Å². The first-order chi connectivity index (χ1) is 9.90. The van der Waals surface area contributed by atoms with Gasteiger partial charge < -0.3 is 4.98 Å². The lowest BCUT2D eigenvalue weighted by Gasteiger charge is -1.92. The van der Waals surface area contributed by atoms with Crippen molar-refractivity contribution in [1.82, 2.24) is 15.0 Å². The number of aromatic amines is 1. The van der Waals surface area contributed by atoms with E-state index in [4.69, 9.17) is 9.97 Å². The zero-order valence-corrected chi connectivity index (χ0v) is 11.2. The minimum Gasteiger partial charge on any atom is -0.338 e. The van der Waals surface area contributed by atoms with E-state index in [9.17, 15) is 0 Å². The zero-order chi connectivity index (χ0) is 13.1. The van der Waals surface area contributed by atoms with E-state index in [1.807, 2.05) is 12.1 Å². The van der Waals surface area contributed by atoms with Gasteiger partial charge in [-0.05, 0) is 12.1 Å². The Balaban J connectivity index is 2.06. The molecule has 0 atom stereocenters. The molecule has 0 amide bonds. The van der Waals surface area contributed by atoms with Crippen molar-refractivity contribution < 1.29 is 0 Å². The topological polar surface area (TPSA) is 41.6 Å². The van der Waals surface area contributed by atoms with Crippen molar-refractivity contribution in [1.29, 1.82) is 0 Å². The highest BCUT2D eigenvalue weighted by Gasteiger charge is 2.12. The van der Waals surface area contributed by atoms with E-state index in [2.05, 4.69) is 41.4 Å². The zero-order valence-electron chi connectivity index (χ0n) is 10.4. The van der Waals surface area contributed by atoms with Gasteiger partial charge in [-0.3, -0.25) is 0 Å². The number of rotatable bonds is 0. The molecule has 0 spiro atoms. The first-order valence-electron chi connectivity index (χ1n) is 6.46. The van der Waals surface area contributed by atoms with Crippen LogP contribution < -0.4 is 0 Å². The van der Waals surface area contributed by atoms with Crippen LogP contribution in [0, 0.1) is 0 Å². The number of aromatic nitrogens is 3. The molecule has 0 radical (unpaired) electrons. The van der Waals surface area contributed by atoms with Crippen LogP contribution in [0.3, 0.4) is 0 Å². The molecule has 5 rings (SSSR count). The lowest BCUT2D eigenvalue weighted by atomic mass is 10.2. The van der Waals surface area contributed by atoms with Crippen molar-refractivity contribution in [3.05, 3.63) is 48.5 Å². The molecule has 0 unspecified atom stereocenters. The molecule has 0 aliphatic rings. The predicted molar refractivity (Wildman–Crippen MR) is 84.3 cm³/mol. The summed E-state index contributed by atoms with van der Waals surface area (Å²) in [5.74, 6) is 0. The third-order valence-electron chi connectivity index (χ3n) is 3.65. The Labute approximate surface area is 117 Å². The summed E-state index contributed by atoms with van der Waals surface area (Å²) >= 11 is 1.69. The number of hydrogen-bond donors (Lipinski definition) is 1. The summed E-state index contributed by atoms with van der Waals surface area (Å²) in [7, 11) is 0. The van der Waals surface area contributed by atoms with Gasteiger partial charge in [0.05, 0.1) is 0 Å². The highest BCUT2D eigenvalue weighted by molar-refractivity contribution is 7.25. The monoisotopic (exact) mass is 275 g/mol. The van der Waals surface area contributed by atoms with Gasteiger partial charge in [-0.25, -0.2) is 9.97 Å². The molecular formula is C16H9N3S. The maximum atomic E-state index is 4.87. The maximum Gasteiger partial charge on any atom is 0.158 e. The summed E-state index contributed by atoms with van der Waals surface area (Å²) in [5, 5.41) is 2.32. The van der Waals surface area contributed by atoms with Crippen molar-refractivity contribution in [2.45, 2.75) is 0 Å². The second kappa shape index (κ2) is 3.55. The summed E-state index contributed by atoms with van der Waals surface area (Å²) in [6.07, 6.45) is 0. The minimum absolute atomic E-state index is 0.866. The summed E-state index contributed by atoms with van der Waals surface area (Å²) in [6.45, 7) is 0. The quantitative estimate of drug-likeness (QED) is 0.453. The van der Waals surface area contributed by atoms with Crippen molar-refractivity contribution in [3.8, 4) is 0 Å². The van der Waals surface area contributed by atoms with Gasteiger partial charge in [0, 0.05) is 21.0 Å². The summed E-state index contributed by atoms with van der Waals surface area (Å²) in [6, 6.07) is 16.5. The molecular weight excluding hydrogens is 266 g/mol. The van der Waals surface area contributed by atoms with Crippen LogP contribution in [0.2, 0.25) is 0 Å². The molecule has 0 aliphatic heterocycles. The number of para-hydroxylation sites is 1. The largest absolute Gasteiger partial charge is 0.338 e. The maximum absolute atomic E-state index is 4.87. The number of H-pyrrole nitrogens is 1. The number of thiophene rings is 1. The fourth-order valence-corrected chi connectivity index (χ4v) is 3.74. The molecule has 0 fully saturated rings. The Morgan fingerprint density at radius 2 is 1.60 bits per heavy atom. The number of nitrogens with zero attached hydrogens (tertiary/aromatic N) is 2. The molecule has 1 N–H and O–H groups in total. The van der Waals surface area contributed by atoms with E-state index in [0.717, 1.165) is 32.4 Å². The van der Waals surface area contributed by atoms with Crippen molar-refractivity contribution in [2.24, 2.45) is 0 Å². The summed E-state index contributed by atoms with van der Waals surface area (Å²) in [5.41, 5.74) is 3.91. The SMILES string of the molecule is c1ccc2c(c1)[nH]c1nc3sc4ccccc4c3nc12. The van der Waals surface area contributed by atoms with Crippen LogP contribution in [0.1, 0.15) is 0 Å². The third kappa shape index (κ3) is 1.24. The standard InChI is InChI=1S/C16H9N3S/c1-3-7-11-9(5-1)13-15(17-11)19-16-14(18-13)10-6-2-4-8-12(10)20-16/h1-8H,(H,17,19). The minimum atomic E-state index is 0.866. The van der Waals surface area contributed by atoms with Gasteiger partial charge in [-0.2, -0.15) is 0 Å². The van der Waals surface area contributed by atoms with Crippen LogP contribution in [-0.2, 0) is 0 Å². The normalized spacial score (nSPS) is 12.0. The van der Waals surface area contributed by atoms with Crippen molar-refractivity contribution in [3.63, 3.8) is 0 Å². The lowest BCUT2D eigenvalue weighted by molar-refractivity contribution is 1.38. The Bertz CT molecular complexity index is 1020. The summed E-state index contributed by atoms with van der Waals surface area (Å²) in [4.78, 5) is 14.0. The van der Waals surface area contributed by atoms with Gasteiger partial charge in [0.15, 0.2) is 5.65 Å². The molecule has 0 saturated heterocycles. The molecule has 2 aromatic carbocycles. The van der Waals surface area contributed by atoms with Crippen molar-refractivity contribution in [2.75, 3.05) is 0 Å². The molecule has 4 heteroatoms. The van der Waals surface area contributed by atoms with E-state index in [-0.39, 0.29) is 0 Å². The predicted octanol–water partition coefficient (Wildman–Crippen LogP) is 4.48. The number of fused-ring (bicyclic) bond motifs is 6. The number of nitrogens with one attached hydrogen (secondary N) is 1. The highest BCUT2D eigenvalue weighted by Crippen LogP contribution is 2.33. The van der Waals surface area contributed by atoms with Gasteiger partial charge in [-0.15, -0.1) is 11.3 Å². The van der Waals surface area contributed by atoms with Gasteiger partial charge in [0.25, 0.3) is 0 Å². The lowest BCUT2D eigenvalue weighted by Crippen LogP contribution is -1.81. The summed E-state index contributed by atoms with van der Waals surface area (Å²) < 4.78 is 1.24. The Hall–Kier alpha value is -2.46. The fraction of sp³-hybridized carbons (Fsp3) is 0. The average Bonchev–Trinajstić information content (AvgIpc) is 3.02. The number of benzene rings is 2. The van der Waals surface area contributed by atoms with Gasteiger partial charge in [0.1, 0.15) is 15.9 Å². The first-order valence-corrected chi connectivity index (χ1v) is 7.27. The van der Waals surface area contributed by atoms with Crippen LogP contribution in [0.25, 0.3) is 42.5 Å². The molecule has 0 aliphatic carbocycles. The molecule has 94 valence electrons. The van der Waals surface area contributed by atoms with E-state index >= 15 is 0 Å². The Kier molecular flexibility index (Phi) is 1.84. The van der Waals surface area contributed by atoms with E-state index in [1.165, 1.54) is 10.1 Å². The van der Waals surface area contributed by atoms with E-state index in [0.29, 0.717) is 0 Å². The number of hydrogen-bond acceptors (Lipinski definition) is 3. The van der Waals surface area contributed by atoms with Crippen LogP contribution in [0.15, 0.2) is 48.5 Å². The highest BCUT2D eigenvalue weighted by atomic mass is 32.1. The molecule has 0 saturated carbocycles. The molecule has 3 heterocycles. The van der Waals surface area contributed by atoms with Crippen LogP contribution in [-0.4, -0.2) is 15.0 Å².